The number of alkyl halides is 3. The lowest BCUT2D eigenvalue weighted by Crippen LogP contribution is -2.32. The third-order valence-electron chi connectivity index (χ3n) is 4.99. The van der Waals surface area contributed by atoms with Crippen LogP contribution in [0.4, 0.5) is 17.6 Å². The van der Waals surface area contributed by atoms with Gasteiger partial charge in [-0.15, -0.1) is 0 Å². The van der Waals surface area contributed by atoms with E-state index in [-0.39, 0.29) is 41.2 Å². The van der Waals surface area contributed by atoms with Crippen molar-refractivity contribution >= 4 is 5.97 Å². The molecule has 1 heterocycles. The van der Waals surface area contributed by atoms with Crippen LogP contribution in [-0.4, -0.2) is 26.3 Å². The van der Waals surface area contributed by atoms with Crippen LogP contribution in [0, 0.1) is 22.6 Å². The molecule has 2 rings (SSSR count). The predicted molar refractivity (Wildman–Crippen MR) is 121 cm³/mol. The lowest BCUT2D eigenvalue weighted by atomic mass is 9.79. The number of esters is 1. The second kappa shape index (κ2) is 12.0. The molecule has 0 amide bonds. The summed E-state index contributed by atoms with van der Waals surface area (Å²) < 4.78 is 65.6. The number of ether oxygens (including phenoxy) is 2. The highest BCUT2D eigenvalue weighted by molar-refractivity contribution is 5.93. The number of carbonyl (C=O) groups excluding carboxylic acids is 1. The standard InChI is InChI=1S/C23H26F4N2O3.C2H6/c1-13-16(11-28)19(15-7-6-14(24)10-17(15)23(25,26)27)20(18(29-13)12-31-5)21(30)32-9-8-22(2,3)4;1-2/h6-7,10,19,29H,8-9,12H2,1-5H3;1-2H3. The normalized spacial score (nSPS) is 16.4. The van der Waals surface area contributed by atoms with E-state index in [0.29, 0.717) is 12.5 Å². The number of nitrogens with one attached hydrogen (secondary N) is 1. The Morgan fingerprint density at radius 2 is 1.82 bits per heavy atom. The Balaban J connectivity index is 0.00000281. The van der Waals surface area contributed by atoms with Crippen molar-refractivity contribution < 1.29 is 31.8 Å². The van der Waals surface area contributed by atoms with E-state index in [1.807, 2.05) is 40.7 Å². The minimum Gasteiger partial charge on any atom is -0.462 e. The average molecular weight is 485 g/mol. The van der Waals surface area contributed by atoms with Crippen molar-refractivity contribution in [2.45, 2.75) is 60.1 Å². The van der Waals surface area contributed by atoms with Crippen molar-refractivity contribution in [3.63, 3.8) is 0 Å². The Bertz CT molecular complexity index is 983. The van der Waals surface area contributed by atoms with Gasteiger partial charge in [-0.05, 0) is 36.5 Å². The molecule has 0 aliphatic carbocycles. The zero-order valence-electron chi connectivity index (χ0n) is 20.6. The minimum atomic E-state index is -4.90. The van der Waals surface area contributed by atoms with E-state index in [1.165, 1.54) is 14.0 Å². The molecule has 0 radical (unpaired) electrons. The van der Waals surface area contributed by atoms with Crippen LogP contribution in [0.2, 0.25) is 0 Å². The van der Waals surface area contributed by atoms with Gasteiger partial charge in [0.05, 0.1) is 47.6 Å². The fourth-order valence-corrected chi connectivity index (χ4v) is 3.41. The molecule has 34 heavy (non-hydrogen) atoms. The summed E-state index contributed by atoms with van der Waals surface area (Å²) in [5, 5.41) is 12.6. The fourth-order valence-electron chi connectivity index (χ4n) is 3.41. The summed E-state index contributed by atoms with van der Waals surface area (Å²) in [5.41, 5.74) is -1.61. The van der Waals surface area contributed by atoms with Crippen molar-refractivity contribution in [2.75, 3.05) is 20.3 Å². The molecule has 1 aromatic rings. The van der Waals surface area contributed by atoms with Gasteiger partial charge in [0, 0.05) is 12.8 Å². The molecule has 1 unspecified atom stereocenters. The summed E-state index contributed by atoms with van der Waals surface area (Å²) in [7, 11) is 1.37. The molecule has 188 valence electrons. The van der Waals surface area contributed by atoms with Gasteiger partial charge in [0.15, 0.2) is 0 Å². The third kappa shape index (κ3) is 7.32. The minimum absolute atomic E-state index is 0.0406. The number of hydrogen-bond donors (Lipinski definition) is 1. The third-order valence-corrected chi connectivity index (χ3v) is 4.99. The fraction of sp³-hybridized carbons (Fsp3) is 0.520. The van der Waals surface area contributed by atoms with Crippen molar-refractivity contribution in [2.24, 2.45) is 5.41 Å². The van der Waals surface area contributed by atoms with E-state index < -0.39 is 35.0 Å². The molecule has 0 aromatic heterocycles. The molecule has 0 saturated heterocycles. The molecule has 1 aliphatic rings. The van der Waals surface area contributed by atoms with Gasteiger partial charge >= 0.3 is 12.1 Å². The first kappa shape index (κ1) is 29.2. The molecular weight excluding hydrogens is 452 g/mol. The van der Waals surface area contributed by atoms with Crippen LogP contribution in [0.3, 0.4) is 0 Å². The molecule has 9 heteroatoms. The zero-order chi connectivity index (χ0) is 26.3. The molecule has 1 aromatic carbocycles. The first-order valence-corrected chi connectivity index (χ1v) is 10.9. The highest BCUT2D eigenvalue weighted by atomic mass is 19.4. The number of methoxy groups -OCH3 is 1. The highest BCUT2D eigenvalue weighted by Crippen LogP contribution is 2.44. The molecule has 1 aliphatic heterocycles. The monoisotopic (exact) mass is 484 g/mol. The number of dihydropyridines is 1. The Morgan fingerprint density at radius 3 is 2.32 bits per heavy atom. The molecule has 0 spiro atoms. The van der Waals surface area contributed by atoms with Crippen molar-refractivity contribution in [1.29, 1.82) is 5.26 Å². The smallest absolute Gasteiger partial charge is 0.416 e. The number of nitrogens with zero attached hydrogens (tertiary/aromatic N) is 1. The number of halogens is 4. The summed E-state index contributed by atoms with van der Waals surface area (Å²) in [4.78, 5) is 13.1. The summed E-state index contributed by atoms with van der Waals surface area (Å²) in [6.45, 7) is 11.3. The van der Waals surface area contributed by atoms with E-state index in [1.54, 1.807) is 0 Å². The van der Waals surface area contributed by atoms with E-state index >= 15 is 0 Å². The van der Waals surface area contributed by atoms with Gasteiger partial charge in [-0.1, -0.05) is 40.7 Å². The zero-order valence-corrected chi connectivity index (χ0v) is 20.6. The Labute approximate surface area is 198 Å². The number of nitriles is 1. The molecular formula is C25H32F4N2O3. The molecule has 1 N–H and O–H groups in total. The van der Waals surface area contributed by atoms with Gasteiger partial charge < -0.3 is 14.8 Å². The van der Waals surface area contributed by atoms with Crippen LogP contribution in [0.1, 0.15) is 65.0 Å². The van der Waals surface area contributed by atoms with Crippen LogP contribution in [0.25, 0.3) is 0 Å². The first-order chi connectivity index (χ1) is 15.8. The number of benzene rings is 1. The van der Waals surface area contributed by atoms with Gasteiger partial charge in [-0.25, -0.2) is 9.18 Å². The van der Waals surface area contributed by atoms with Gasteiger partial charge in [-0.2, -0.15) is 18.4 Å². The van der Waals surface area contributed by atoms with Gasteiger partial charge in [0.2, 0.25) is 0 Å². The molecule has 0 fully saturated rings. The number of allylic oxidation sites excluding steroid dienone is 2. The van der Waals surface area contributed by atoms with E-state index in [2.05, 4.69) is 5.32 Å². The molecule has 0 saturated carbocycles. The molecule has 1 atom stereocenters. The topological polar surface area (TPSA) is 71.3 Å². The lowest BCUT2D eigenvalue weighted by molar-refractivity contribution is -0.141. The van der Waals surface area contributed by atoms with Crippen molar-refractivity contribution in [1.82, 2.24) is 5.32 Å². The Kier molecular flexibility index (Phi) is 10.3. The number of carbonyl (C=O) groups is 1. The quantitative estimate of drug-likeness (QED) is 0.383. The van der Waals surface area contributed by atoms with Crippen LogP contribution < -0.4 is 5.32 Å². The van der Waals surface area contributed by atoms with Crippen LogP contribution in [0.15, 0.2) is 40.7 Å². The van der Waals surface area contributed by atoms with Crippen molar-refractivity contribution in [3.8, 4) is 6.07 Å². The Hall–Kier alpha value is -2.86. The number of rotatable bonds is 6. The van der Waals surface area contributed by atoms with Crippen LogP contribution in [-0.2, 0) is 20.4 Å². The van der Waals surface area contributed by atoms with Gasteiger partial charge in [-0.3, -0.25) is 0 Å². The Morgan fingerprint density at radius 1 is 1.21 bits per heavy atom. The van der Waals surface area contributed by atoms with Crippen LogP contribution in [0.5, 0.6) is 0 Å². The SMILES string of the molecule is CC.COCC1=C(C(=O)OCCC(C)(C)C)C(c2ccc(F)cc2C(F)(F)F)C(C#N)=C(C)N1. The maximum atomic E-state index is 13.8. The summed E-state index contributed by atoms with van der Waals surface area (Å²) >= 11 is 0. The lowest BCUT2D eigenvalue weighted by Gasteiger charge is -2.31. The second-order valence-corrected chi connectivity index (χ2v) is 8.71. The maximum absolute atomic E-state index is 13.8. The molecule has 0 bridgehead atoms. The highest BCUT2D eigenvalue weighted by Gasteiger charge is 2.42. The van der Waals surface area contributed by atoms with Gasteiger partial charge in [0.1, 0.15) is 5.82 Å². The van der Waals surface area contributed by atoms with E-state index in [0.717, 1.165) is 12.1 Å². The predicted octanol–water partition coefficient (Wildman–Crippen LogP) is 6.23. The molecule has 5 nitrogen and oxygen atoms in total. The number of hydrogen-bond acceptors (Lipinski definition) is 5. The van der Waals surface area contributed by atoms with Gasteiger partial charge in [0.25, 0.3) is 0 Å². The summed E-state index contributed by atoms with van der Waals surface area (Å²) in [6, 6.07) is 4.08. The first-order valence-electron chi connectivity index (χ1n) is 10.9. The largest absolute Gasteiger partial charge is 0.462 e. The van der Waals surface area contributed by atoms with Crippen molar-refractivity contribution in [3.05, 3.63) is 57.7 Å². The average Bonchev–Trinajstić information content (AvgIpc) is 2.73. The summed E-state index contributed by atoms with van der Waals surface area (Å²) in [6.07, 6.45) is -4.38. The maximum Gasteiger partial charge on any atom is 0.416 e. The van der Waals surface area contributed by atoms with Crippen LogP contribution >= 0.6 is 0 Å². The van der Waals surface area contributed by atoms with E-state index in [9.17, 15) is 27.6 Å². The summed E-state index contributed by atoms with van der Waals surface area (Å²) in [5.74, 6) is -3.34. The van der Waals surface area contributed by atoms with E-state index in [4.69, 9.17) is 9.47 Å². The second-order valence-electron chi connectivity index (χ2n) is 8.71.